The molecule has 12 heavy (non-hydrogen) atoms. The molecule has 1 unspecified atom stereocenters. The van der Waals surface area contributed by atoms with Crippen molar-refractivity contribution in [3.8, 4) is 0 Å². The van der Waals surface area contributed by atoms with E-state index in [2.05, 4.69) is 4.98 Å². The summed E-state index contributed by atoms with van der Waals surface area (Å²) in [5.41, 5.74) is 0.907. The van der Waals surface area contributed by atoms with Crippen LogP contribution >= 0.6 is 11.3 Å². The summed E-state index contributed by atoms with van der Waals surface area (Å²) >= 11 is 1.47. The Labute approximate surface area is 74.5 Å². The van der Waals surface area contributed by atoms with Gasteiger partial charge in [0, 0.05) is 11.6 Å². The zero-order chi connectivity index (χ0) is 8.39. The number of aliphatic hydroxyl groups is 1. The lowest BCUT2D eigenvalue weighted by molar-refractivity contribution is 0.220. The zero-order valence-corrected chi connectivity index (χ0v) is 7.16. The first-order valence-corrected chi connectivity index (χ1v) is 4.55. The third-order valence-electron chi connectivity index (χ3n) is 1.69. The van der Waals surface area contributed by atoms with Gasteiger partial charge in [-0.15, -0.1) is 11.3 Å². The molecule has 1 aromatic heterocycles. The van der Waals surface area contributed by atoms with E-state index >= 15 is 0 Å². The van der Waals surface area contributed by atoms with Gasteiger partial charge in [0.25, 0.3) is 0 Å². The molecule has 1 heterocycles. The van der Waals surface area contributed by atoms with E-state index in [0.29, 0.717) is 0 Å². The molecule has 0 saturated heterocycles. The molecule has 0 amide bonds. The third kappa shape index (κ3) is 1.29. The summed E-state index contributed by atoms with van der Waals surface area (Å²) in [6, 6.07) is 7.61. The molecule has 0 saturated carbocycles. The Hall–Kier alpha value is -1.06. The van der Waals surface area contributed by atoms with Crippen LogP contribution in [-0.2, 0) is 0 Å². The largest absolute Gasteiger partial charge is 0.395 e. The molecule has 0 radical (unpaired) electrons. The monoisotopic (exact) mass is 178 g/mol. The lowest BCUT2D eigenvalue weighted by atomic mass is 10.2. The van der Waals surface area contributed by atoms with Gasteiger partial charge in [0.15, 0.2) is 0 Å². The normalized spacial score (nSPS) is 13.1. The first-order chi connectivity index (χ1) is 5.88. The Morgan fingerprint density at radius 3 is 3.08 bits per heavy atom. The van der Waals surface area contributed by atoms with E-state index in [-0.39, 0.29) is 0 Å². The number of aromatic nitrogens is 1. The predicted octanol–water partition coefficient (Wildman–Crippen LogP) is 1.94. The smallest absolute Gasteiger partial charge is 0.113 e. The van der Waals surface area contributed by atoms with Gasteiger partial charge in [-0.3, -0.25) is 0 Å². The molecule has 2 aromatic rings. The van der Waals surface area contributed by atoms with Gasteiger partial charge in [-0.05, 0) is 0 Å². The lowest BCUT2D eigenvalue weighted by Gasteiger charge is -2.10. The summed E-state index contributed by atoms with van der Waals surface area (Å²) in [5.74, 6) is 0. The molecule has 0 aliphatic rings. The average Bonchev–Trinajstić information content (AvgIpc) is 2.77. The highest BCUT2D eigenvalue weighted by molar-refractivity contribution is 7.09. The number of hydrogen-bond acceptors (Lipinski definition) is 3. The number of nitrogens with zero attached hydrogens (tertiary/aromatic N) is 1. The van der Waals surface area contributed by atoms with Crippen LogP contribution < -0.4 is 0 Å². The predicted molar refractivity (Wildman–Crippen MR) is 48.2 cm³/mol. The number of aliphatic hydroxyl groups excluding tert-OH is 1. The summed E-state index contributed by atoms with van der Waals surface area (Å²) in [5, 5.41) is 12.3. The van der Waals surface area contributed by atoms with Crippen molar-refractivity contribution < 1.29 is 5.11 Å². The van der Waals surface area contributed by atoms with E-state index in [1.807, 2.05) is 29.6 Å². The summed E-state index contributed by atoms with van der Waals surface area (Å²) < 4.78 is 0. The first-order valence-electron chi connectivity index (χ1n) is 3.67. The van der Waals surface area contributed by atoms with Crippen molar-refractivity contribution in [3.05, 3.63) is 46.4 Å². The summed E-state index contributed by atoms with van der Waals surface area (Å²) in [6.45, 7) is 0. The highest BCUT2D eigenvalue weighted by Gasteiger charge is 2.05. The van der Waals surface area contributed by atoms with Crippen molar-refractivity contribution in [1.29, 1.82) is 0 Å². The Morgan fingerprint density at radius 1 is 1.58 bits per heavy atom. The molecule has 0 bridgehead atoms. The molecule has 0 aliphatic heterocycles. The van der Waals surface area contributed by atoms with Gasteiger partial charge in [0.2, 0.25) is 0 Å². The fourth-order valence-corrected chi connectivity index (χ4v) is 1.73. The molecular weight excluding hydrogens is 170 g/mol. The van der Waals surface area contributed by atoms with Crippen molar-refractivity contribution in [1.82, 2.24) is 4.98 Å². The fraction of sp³-hybridized carbons (Fsp3) is 0.111. The van der Waals surface area contributed by atoms with E-state index in [9.17, 15) is 5.11 Å². The molecule has 3 heteroatoms. The van der Waals surface area contributed by atoms with Gasteiger partial charge in [-0.25, -0.2) is 11.1 Å². The van der Waals surface area contributed by atoms with Crippen LogP contribution in [-0.4, -0.2) is 10.1 Å². The molecule has 0 fully saturated rings. The quantitative estimate of drug-likeness (QED) is 0.713. The minimum absolute atomic E-state index is 0.556. The van der Waals surface area contributed by atoms with Crippen molar-refractivity contribution >= 4 is 11.3 Å². The summed E-state index contributed by atoms with van der Waals surface area (Å²) in [6.07, 6.45) is 1.14. The number of hydrogen-bond donors (Lipinski definition) is 1. The van der Waals surface area contributed by atoms with Crippen LogP contribution in [0.1, 0.15) is 16.7 Å². The van der Waals surface area contributed by atoms with Crippen molar-refractivity contribution in [2.75, 3.05) is 0 Å². The SMILES string of the molecule is OC(c1cc[cH-]c1)c1nccs1. The van der Waals surface area contributed by atoms with E-state index in [4.69, 9.17) is 0 Å². The Morgan fingerprint density at radius 2 is 2.50 bits per heavy atom. The molecule has 0 aliphatic carbocycles. The molecule has 62 valence electrons. The van der Waals surface area contributed by atoms with Gasteiger partial charge < -0.3 is 5.11 Å². The minimum atomic E-state index is -0.556. The Balaban J connectivity index is 2.27. The van der Waals surface area contributed by atoms with Crippen LogP contribution in [0.2, 0.25) is 0 Å². The Bertz CT molecular complexity index is 291. The maximum atomic E-state index is 9.72. The third-order valence-corrected chi connectivity index (χ3v) is 2.52. The molecule has 1 atom stereocenters. The average molecular weight is 178 g/mol. The van der Waals surface area contributed by atoms with Gasteiger partial charge in [-0.1, -0.05) is 0 Å². The molecule has 1 aromatic carbocycles. The first kappa shape index (κ1) is 7.58. The van der Waals surface area contributed by atoms with Crippen LogP contribution in [0.5, 0.6) is 0 Å². The molecule has 0 spiro atoms. The maximum absolute atomic E-state index is 9.72. The van der Waals surface area contributed by atoms with Gasteiger partial charge in [0.05, 0.1) is 6.10 Å². The van der Waals surface area contributed by atoms with E-state index in [1.54, 1.807) is 6.20 Å². The second-order valence-corrected chi connectivity index (χ2v) is 3.42. The number of rotatable bonds is 2. The Kier molecular flexibility index (Phi) is 1.98. The van der Waals surface area contributed by atoms with Crippen LogP contribution in [0.4, 0.5) is 0 Å². The van der Waals surface area contributed by atoms with E-state index in [1.165, 1.54) is 11.3 Å². The van der Waals surface area contributed by atoms with Crippen LogP contribution in [0.3, 0.4) is 0 Å². The minimum Gasteiger partial charge on any atom is -0.395 e. The van der Waals surface area contributed by atoms with Crippen molar-refractivity contribution in [3.63, 3.8) is 0 Å². The molecule has 2 nitrogen and oxygen atoms in total. The summed E-state index contributed by atoms with van der Waals surface area (Å²) in [4.78, 5) is 4.04. The number of thiazole rings is 1. The van der Waals surface area contributed by atoms with E-state index in [0.717, 1.165) is 10.6 Å². The van der Waals surface area contributed by atoms with Crippen molar-refractivity contribution in [2.45, 2.75) is 6.10 Å². The second kappa shape index (κ2) is 3.13. The second-order valence-electron chi connectivity index (χ2n) is 2.49. The zero-order valence-electron chi connectivity index (χ0n) is 6.34. The molecule has 2 rings (SSSR count). The highest BCUT2D eigenvalue weighted by Crippen LogP contribution is 2.23. The van der Waals surface area contributed by atoms with Gasteiger partial charge in [-0.2, -0.15) is 23.8 Å². The highest BCUT2D eigenvalue weighted by atomic mass is 32.1. The van der Waals surface area contributed by atoms with Crippen molar-refractivity contribution in [2.24, 2.45) is 0 Å². The van der Waals surface area contributed by atoms with Gasteiger partial charge in [0.1, 0.15) is 5.01 Å². The molecular formula is C9H8NOS-. The van der Waals surface area contributed by atoms with Crippen LogP contribution in [0.25, 0.3) is 0 Å². The lowest BCUT2D eigenvalue weighted by Crippen LogP contribution is -1.96. The topological polar surface area (TPSA) is 33.1 Å². The maximum Gasteiger partial charge on any atom is 0.113 e. The van der Waals surface area contributed by atoms with Crippen LogP contribution in [0, 0.1) is 0 Å². The summed E-state index contributed by atoms with van der Waals surface area (Å²) in [7, 11) is 0. The standard InChI is InChI=1S/C9H8NOS/c11-8(7-3-1-2-4-7)9-10-5-6-12-9/h1-6,8,11H/q-1. The van der Waals surface area contributed by atoms with Gasteiger partial charge >= 0.3 is 0 Å². The molecule has 1 N–H and O–H groups in total. The van der Waals surface area contributed by atoms with E-state index < -0.39 is 6.10 Å². The van der Waals surface area contributed by atoms with Crippen LogP contribution in [0.15, 0.2) is 35.8 Å². The fourth-order valence-electron chi connectivity index (χ4n) is 1.08.